The smallest absolute Gasteiger partial charge is 0.341 e. The Labute approximate surface area is 178 Å². The van der Waals surface area contributed by atoms with Crippen molar-refractivity contribution in [1.29, 1.82) is 0 Å². The third-order valence-electron chi connectivity index (χ3n) is 6.17. The van der Waals surface area contributed by atoms with Crippen molar-refractivity contribution in [2.45, 2.75) is 25.7 Å². The predicted octanol–water partition coefficient (Wildman–Crippen LogP) is 3.04. The number of aromatic nitrogens is 2. The molecule has 160 valence electrons. The van der Waals surface area contributed by atoms with Gasteiger partial charge < -0.3 is 14.9 Å². The summed E-state index contributed by atoms with van der Waals surface area (Å²) in [5, 5.41) is 9.62. The second-order valence-electron chi connectivity index (χ2n) is 8.24. The van der Waals surface area contributed by atoms with E-state index in [2.05, 4.69) is 9.88 Å². The van der Waals surface area contributed by atoms with Crippen molar-refractivity contribution < 1.29 is 14.3 Å². The number of fused-ring (bicyclic) bond motifs is 1. The summed E-state index contributed by atoms with van der Waals surface area (Å²) in [6.07, 6.45) is 3.63. The van der Waals surface area contributed by atoms with Crippen LogP contribution in [0, 0.1) is 12.7 Å². The van der Waals surface area contributed by atoms with E-state index in [1.165, 1.54) is 16.5 Å². The Morgan fingerprint density at radius 1 is 1.13 bits per heavy atom. The highest BCUT2D eigenvalue weighted by atomic mass is 19.1. The molecule has 8 heteroatoms. The van der Waals surface area contributed by atoms with Gasteiger partial charge in [-0.3, -0.25) is 9.20 Å². The molecular formula is C23H23FN4O3. The molecule has 4 heterocycles. The summed E-state index contributed by atoms with van der Waals surface area (Å²) in [6, 6.07) is 8.67. The first-order valence-electron chi connectivity index (χ1n) is 10.5. The average Bonchev–Trinajstić information content (AvgIpc) is 3.60. The number of hydrogen-bond acceptors (Lipinski definition) is 5. The number of carboxylic acid groups (broad SMARTS) is 1. The van der Waals surface area contributed by atoms with Gasteiger partial charge in [0.05, 0.1) is 5.52 Å². The highest BCUT2D eigenvalue weighted by Gasteiger charge is 2.31. The minimum atomic E-state index is -1.28. The summed E-state index contributed by atoms with van der Waals surface area (Å²) in [7, 11) is 0. The zero-order valence-electron chi connectivity index (χ0n) is 17.2. The zero-order chi connectivity index (χ0) is 21.7. The molecule has 0 atom stereocenters. The molecular weight excluding hydrogens is 399 g/mol. The van der Waals surface area contributed by atoms with Crippen LogP contribution in [0.25, 0.3) is 5.52 Å². The fourth-order valence-electron chi connectivity index (χ4n) is 4.51. The molecule has 0 unspecified atom stereocenters. The number of aromatic carboxylic acids is 1. The summed E-state index contributed by atoms with van der Waals surface area (Å²) in [6.45, 7) is 4.00. The Hall–Kier alpha value is -3.42. The molecule has 5 rings (SSSR count). The van der Waals surface area contributed by atoms with Crippen LogP contribution in [0.2, 0.25) is 0 Å². The molecule has 1 saturated carbocycles. The quantitative estimate of drug-likeness (QED) is 0.696. The van der Waals surface area contributed by atoms with Crippen molar-refractivity contribution in [2.24, 2.45) is 0 Å². The minimum absolute atomic E-state index is 0.149. The molecule has 2 aliphatic rings. The number of aryl methyl sites for hydroxylation is 1. The molecule has 0 aromatic carbocycles. The maximum Gasteiger partial charge on any atom is 0.341 e. The molecule has 1 N–H and O–H groups in total. The molecule has 1 saturated heterocycles. The van der Waals surface area contributed by atoms with Crippen molar-refractivity contribution in [1.82, 2.24) is 9.38 Å². The van der Waals surface area contributed by atoms with Crippen LogP contribution in [0.5, 0.6) is 0 Å². The number of nitrogens with zero attached hydrogens (tertiary/aromatic N) is 4. The second-order valence-corrected chi connectivity index (χ2v) is 8.24. The van der Waals surface area contributed by atoms with E-state index in [0.29, 0.717) is 37.3 Å². The van der Waals surface area contributed by atoms with Crippen LogP contribution in [-0.4, -0.2) is 46.6 Å². The fraction of sp³-hybridized carbons (Fsp3) is 0.348. The lowest BCUT2D eigenvalue weighted by Crippen LogP contribution is -2.48. The number of anilines is 2. The molecule has 31 heavy (non-hydrogen) atoms. The summed E-state index contributed by atoms with van der Waals surface area (Å²) in [4.78, 5) is 33.3. The number of halogens is 1. The molecule has 0 amide bonds. The van der Waals surface area contributed by atoms with Crippen molar-refractivity contribution in [3.63, 3.8) is 0 Å². The number of piperazine rings is 1. The molecule has 7 nitrogen and oxygen atoms in total. The van der Waals surface area contributed by atoms with Crippen LogP contribution in [-0.2, 0) is 0 Å². The third kappa shape index (κ3) is 3.32. The van der Waals surface area contributed by atoms with Crippen molar-refractivity contribution in [3.05, 3.63) is 69.4 Å². The maximum absolute atomic E-state index is 15.3. The number of hydrogen-bond donors (Lipinski definition) is 1. The first-order chi connectivity index (χ1) is 15.0. The van der Waals surface area contributed by atoms with E-state index in [1.807, 2.05) is 23.1 Å². The Bertz CT molecular complexity index is 1230. The molecule has 2 fully saturated rings. The number of rotatable bonds is 4. The van der Waals surface area contributed by atoms with E-state index >= 15 is 4.39 Å². The summed E-state index contributed by atoms with van der Waals surface area (Å²) < 4.78 is 16.6. The zero-order valence-corrected chi connectivity index (χ0v) is 17.2. The van der Waals surface area contributed by atoms with Gasteiger partial charge in [-0.25, -0.2) is 14.2 Å². The summed E-state index contributed by atoms with van der Waals surface area (Å²) in [5.41, 5.74) is 1.11. The van der Waals surface area contributed by atoms with Crippen LogP contribution in [0.15, 0.2) is 41.3 Å². The Balaban J connectivity index is 1.62. The average molecular weight is 422 g/mol. The molecule has 1 aliphatic heterocycles. The lowest BCUT2D eigenvalue weighted by atomic mass is 10.0. The normalized spacial score (nSPS) is 16.7. The van der Waals surface area contributed by atoms with Crippen molar-refractivity contribution >= 4 is 23.1 Å². The van der Waals surface area contributed by atoms with Crippen LogP contribution < -0.4 is 15.4 Å². The monoisotopic (exact) mass is 422 g/mol. The lowest BCUT2D eigenvalue weighted by molar-refractivity contribution is 0.0694. The van der Waals surface area contributed by atoms with Gasteiger partial charge in [-0.1, -0.05) is 6.07 Å². The Kier molecular flexibility index (Phi) is 4.64. The van der Waals surface area contributed by atoms with Crippen molar-refractivity contribution in [2.75, 3.05) is 36.0 Å². The van der Waals surface area contributed by atoms with Gasteiger partial charge in [-0.15, -0.1) is 0 Å². The Morgan fingerprint density at radius 2 is 1.84 bits per heavy atom. The molecule has 1 aliphatic carbocycles. The SMILES string of the molecule is Cc1cc(F)c(N2CCN(c3ccccn3)CC2)n2c(=O)c(C(=O)O)cc(C3CC3)c12. The standard InChI is InChI=1S/C23H23FN4O3/c1-14-12-18(24)21(27-10-8-26(9-11-27)19-4-2-3-7-25-19)28-20(14)16(15-5-6-15)13-17(22(28)29)23(30)31/h2-4,7,12-13,15H,5-6,8-11H2,1H3,(H,30,31). The van der Waals surface area contributed by atoms with E-state index in [-0.39, 0.29) is 17.3 Å². The topological polar surface area (TPSA) is 78.2 Å². The third-order valence-corrected chi connectivity index (χ3v) is 6.17. The number of pyridine rings is 3. The highest BCUT2D eigenvalue weighted by molar-refractivity contribution is 5.89. The van der Waals surface area contributed by atoms with Gasteiger partial charge in [0.1, 0.15) is 11.4 Å². The van der Waals surface area contributed by atoms with E-state index in [9.17, 15) is 14.7 Å². The minimum Gasteiger partial charge on any atom is -0.477 e. The van der Waals surface area contributed by atoms with Gasteiger partial charge in [-0.05, 0) is 61.1 Å². The highest BCUT2D eigenvalue weighted by Crippen LogP contribution is 2.43. The first-order valence-corrected chi connectivity index (χ1v) is 10.5. The van der Waals surface area contributed by atoms with Gasteiger partial charge in [-0.2, -0.15) is 0 Å². The largest absolute Gasteiger partial charge is 0.477 e. The fourth-order valence-corrected chi connectivity index (χ4v) is 4.51. The van der Waals surface area contributed by atoms with E-state index < -0.39 is 17.3 Å². The molecule has 3 aromatic heterocycles. The molecule has 0 spiro atoms. The van der Waals surface area contributed by atoms with Crippen LogP contribution >= 0.6 is 0 Å². The second kappa shape index (κ2) is 7.37. The number of carbonyl (C=O) groups is 1. The molecule has 3 aromatic rings. The first kappa shape index (κ1) is 19.5. The van der Waals surface area contributed by atoms with E-state index in [4.69, 9.17) is 0 Å². The van der Waals surface area contributed by atoms with Gasteiger partial charge in [0.25, 0.3) is 5.56 Å². The number of carboxylic acids is 1. The predicted molar refractivity (Wildman–Crippen MR) is 116 cm³/mol. The van der Waals surface area contributed by atoms with E-state index in [0.717, 1.165) is 24.2 Å². The van der Waals surface area contributed by atoms with Crippen molar-refractivity contribution in [3.8, 4) is 0 Å². The van der Waals surface area contributed by atoms with E-state index in [1.54, 1.807) is 13.1 Å². The van der Waals surface area contributed by atoms with Crippen LogP contribution in [0.4, 0.5) is 16.0 Å². The van der Waals surface area contributed by atoms with Gasteiger partial charge in [0.15, 0.2) is 11.6 Å². The Morgan fingerprint density at radius 3 is 2.45 bits per heavy atom. The van der Waals surface area contributed by atoms with Gasteiger partial charge >= 0.3 is 5.97 Å². The van der Waals surface area contributed by atoms with Crippen LogP contribution in [0.1, 0.15) is 40.2 Å². The summed E-state index contributed by atoms with van der Waals surface area (Å²) >= 11 is 0. The molecule has 0 radical (unpaired) electrons. The summed E-state index contributed by atoms with van der Waals surface area (Å²) in [5.74, 6) is -0.572. The molecule has 0 bridgehead atoms. The maximum atomic E-state index is 15.3. The van der Waals surface area contributed by atoms with Gasteiger partial charge in [0, 0.05) is 32.4 Å². The lowest BCUT2D eigenvalue weighted by Gasteiger charge is -2.37. The van der Waals surface area contributed by atoms with Gasteiger partial charge in [0.2, 0.25) is 0 Å². The van der Waals surface area contributed by atoms with Crippen LogP contribution in [0.3, 0.4) is 0 Å².